The lowest BCUT2D eigenvalue weighted by Crippen LogP contribution is -2.51. The average molecular weight is 382 g/mol. The molecule has 0 radical (unpaired) electrons. The molecule has 3 aromatic rings. The first-order chi connectivity index (χ1) is 13.1. The van der Waals surface area contributed by atoms with Crippen molar-refractivity contribution in [2.45, 2.75) is 6.54 Å². The maximum Gasteiger partial charge on any atom is 0.269 e. The summed E-state index contributed by atoms with van der Waals surface area (Å²) in [6.07, 6.45) is 1.24. The summed E-state index contributed by atoms with van der Waals surface area (Å²) in [5.41, 5.74) is 1.02. The van der Waals surface area contributed by atoms with Gasteiger partial charge in [0.15, 0.2) is 0 Å². The number of carbonyl (C=O) groups is 2. The molecule has 0 atom stereocenters. The van der Waals surface area contributed by atoms with Crippen molar-refractivity contribution in [2.75, 3.05) is 26.2 Å². The predicted molar refractivity (Wildman–Crippen MR) is 103 cm³/mol. The van der Waals surface area contributed by atoms with Gasteiger partial charge in [-0.3, -0.25) is 19.0 Å². The third kappa shape index (κ3) is 3.48. The second-order valence-electron chi connectivity index (χ2n) is 6.32. The molecular formula is C19H18N4O3S. The number of hydrogen-bond acceptors (Lipinski definition) is 5. The number of amides is 2. The SMILES string of the molecule is O=C(Cn1c(=O)cnc2ccccc21)N1CCN(C(=O)c2cccs2)CC1. The van der Waals surface area contributed by atoms with Crippen molar-refractivity contribution in [2.24, 2.45) is 0 Å². The van der Waals surface area contributed by atoms with Crippen molar-refractivity contribution in [3.05, 3.63) is 63.2 Å². The summed E-state index contributed by atoms with van der Waals surface area (Å²) in [6.45, 7) is 1.89. The van der Waals surface area contributed by atoms with E-state index in [9.17, 15) is 14.4 Å². The van der Waals surface area contributed by atoms with E-state index in [0.717, 1.165) is 0 Å². The summed E-state index contributed by atoms with van der Waals surface area (Å²) in [7, 11) is 0. The highest BCUT2D eigenvalue weighted by atomic mass is 32.1. The van der Waals surface area contributed by atoms with E-state index in [4.69, 9.17) is 0 Å². The first-order valence-electron chi connectivity index (χ1n) is 8.68. The number of para-hydroxylation sites is 2. The van der Waals surface area contributed by atoms with Gasteiger partial charge < -0.3 is 9.80 Å². The standard InChI is InChI=1S/C19H18N4O3S/c24-17-12-20-14-4-1-2-5-15(14)23(17)13-18(25)21-7-9-22(10-8-21)19(26)16-6-3-11-27-16/h1-6,11-12H,7-10,13H2. The van der Waals surface area contributed by atoms with Crippen LogP contribution in [-0.4, -0.2) is 57.3 Å². The molecule has 0 N–H and O–H groups in total. The van der Waals surface area contributed by atoms with Gasteiger partial charge in [-0.1, -0.05) is 18.2 Å². The molecule has 138 valence electrons. The Morgan fingerprint density at radius 2 is 1.74 bits per heavy atom. The van der Waals surface area contributed by atoms with Gasteiger partial charge in [-0.15, -0.1) is 11.3 Å². The molecular weight excluding hydrogens is 364 g/mol. The van der Waals surface area contributed by atoms with Crippen molar-refractivity contribution < 1.29 is 9.59 Å². The van der Waals surface area contributed by atoms with Crippen LogP contribution < -0.4 is 5.56 Å². The Kier molecular flexibility index (Phi) is 4.72. The van der Waals surface area contributed by atoms with Crippen molar-refractivity contribution in [3.8, 4) is 0 Å². The van der Waals surface area contributed by atoms with Gasteiger partial charge in [0, 0.05) is 26.2 Å². The number of benzene rings is 1. The summed E-state index contributed by atoms with van der Waals surface area (Å²) >= 11 is 1.42. The van der Waals surface area contributed by atoms with Crippen molar-refractivity contribution in [1.82, 2.24) is 19.4 Å². The molecule has 3 heterocycles. The van der Waals surface area contributed by atoms with Crippen LogP contribution in [0.3, 0.4) is 0 Å². The third-order valence-electron chi connectivity index (χ3n) is 4.70. The summed E-state index contributed by atoms with van der Waals surface area (Å²) < 4.78 is 1.45. The number of nitrogens with zero attached hydrogens (tertiary/aromatic N) is 4. The van der Waals surface area contributed by atoms with Crippen LogP contribution in [0.15, 0.2) is 52.8 Å². The van der Waals surface area contributed by atoms with Gasteiger partial charge in [0.05, 0.1) is 22.1 Å². The summed E-state index contributed by atoms with van der Waals surface area (Å²) in [4.78, 5) is 45.6. The van der Waals surface area contributed by atoms with Crippen LogP contribution in [0.1, 0.15) is 9.67 Å². The van der Waals surface area contributed by atoms with Crippen molar-refractivity contribution in [1.29, 1.82) is 0 Å². The van der Waals surface area contributed by atoms with E-state index in [0.29, 0.717) is 42.1 Å². The molecule has 1 aromatic carbocycles. The number of piperazine rings is 1. The molecule has 4 rings (SSSR count). The van der Waals surface area contributed by atoms with Gasteiger partial charge >= 0.3 is 0 Å². The lowest BCUT2D eigenvalue weighted by atomic mass is 10.2. The minimum atomic E-state index is -0.298. The van der Waals surface area contributed by atoms with E-state index in [2.05, 4.69) is 4.98 Å². The molecule has 0 bridgehead atoms. The van der Waals surface area contributed by atoms with Crippen LogP contribution in [-0.2, 0) is 11.3 Å². The highest BCUT2D eigenvalue weighted by molar-refractivity contribution is 7.12. The van der Waals surface area contributed by atoms with Crippen LogP contribution in [0, 0.1) is 0 Å². The number of hydrogen-bond donors (Lipinski definition) is 0. The van der Waals surface area contributed by atoms with E-state index in [1.54, 1.807) is 15.9 Å². The highest BCUT2D eigenvalue weighted by Gasteiger charge is 2.25. The number of aromatic nitrogens is 2. The molecule has 1 fully saturated rings. The average Bonchev–Trinajstić information content (AvgIpc) is 3.24. The fourth-order valence-corrected chi connectivity index (χ4v) is 3.92. The molecule has 0 spiro atoms. The fourth-order valence-electron chi connectivity index (χ4n) is 3.23. The van der Waals surface area contributed by atoms with Gasteiger partial charge in [0.2, 0.25) is 5.91 Å². The van der Waals surface area contributed by atoms with Gasteiger partial charge in [-0.05, 0) is 23.6 Å². The van der Waals surface area contributed by atoms with Crippen molar-refractivity contribution in [3.63, 3.8) is 0 Å². The van der Waals surface area contributed by atoms with E-state index in [-0.39, 0.29) is 23.9 Å². The molecule has 1 aliphatic rings. The van der Waals surface area contributed by atoms with Gasteiger partial charge in [0.25, 0.3) is 11.5 Å². The Bertz CT molecular complexity index is 1040. The smallest absolute Gasteiger partial charge is 0.269 e. The molecule has 1 aliphatic heterocycles. The third-order valence-corrected chi connectivity index (χ3v) is 5.56. The van der Waals surface area contributed by atoms with Crippen molar-refractivity contribution >= 4 is 34.2 Å². The number of fused-ring (bicyclic) bond motifs is 1. The van der Waals surface area contributed by atoms with Crippen LogP contribution in [0.5, 0.6) is 0 Å². The normalized spacial score (nSPS) is 14.5. The second kappa shape index (κ2) is 7.32. The number of carbonyl (C=O) groups excluding carboxylic acids is 2. The zero-order valence-electron chi connectivity index (χ0n) is 14.6. The first kappa shape index (κ1) is 17.4. The molecule has 2 amide bonds. The molecule has 2 aromatic heterocycles. The van der Waals surface area contributed by atoms with E-state index in [1.807, 2.05) is 35.7 Å². The fraction of sp³-hybridized carbons (Fsp3) is 0.263. The largest absolute Gasteiger partial charge is 0.338 e. The van der Waals surface area contributed by atoms with Crippen LogP contribution in [0.4, 0.5) is 0 Å². The first-order valence-corrected chi connectivity index (χ1v) is 9.56. The number of thiophene rings is 1. The Morgan fingerprint density at radius 1 is 1.00 bits per heavy atom. The predicted octanol–water partition coefficient (Wildman–Crippen LogP) is 1.44. The van der Waals surface area contributed by atoms with Crippen LogP contribution in [0.25, 0.3) is 11.0 Å². The molecule has 0 aliphatic carbocycles. The minimum Gasteiger partial charge on any atom is -0.338 e. The Labute approximate surface area is 159 Å². The molecule has 7 nitrogen and oxygen atoms in total. The summed E-state index contributed by atoms with van der Waals surface area (Å²) in [5.74, 6) is -0.120. The summed E-state index contributed by atoms with van der Waals surface area (Å²) in [6, 6.07) is 10.9. The van der Waals surface area contributed by atoms with Gasteiger partial charge in [0.1, 0.15) is 6.54 Å². The van der Waals surface area contributed by atoms with Gasteiger partial charge in [-0.25, -0.2) is 4.98 Å². The zero-order chi connectivity index (χ0) is 18.8. The van der Waals surface area contributed by atoms with E-state index < -0.39 is 0 Å². The van der Waals surface area contributed by atoms with E-state index >= 15 is 0 Å². The Morgan fingerprint density at radius 3 is 2.48 bits per heavy atom. The Balaban J connectivity index is 1.44. The maximum atomic E-state index is 12.7. The summed E-state index contributed by atoms with van der Waals surface area (Å²) in [5, 5.41) is 1.88. The monoisotopic (exact) mass is 382 g/mol. The quantitative estimate of drug-likeness (QED) is 0.687. The minimum absolute atomic E-state index is 0.00782. The molecule has 1 saturated heterocycles. The molecule has 0 saturated carbocycles. The zero-order valence-corrected chi connectivity index (χ0v) is 15.4. The second-order valence-corrected chi connectivity index (χ2v) is 7.27. The lowest BCUT2D eigenvalue weighted by molar-refractivity contribution is -0.133. The maximum absolute atomic E-state index is 12.7. The molecule has 8 heteroatoms. The van der Waals surface area contributed by atoms with Crippen LogP contribution >= 0.6 is 11.3 Å². The van der Waals surface area contributed by atoms with Gasteiger partial charge in [-0.2, -0.15) is 0 Å². The number of rotatable bonds is 3. The lowest BCUT2D eigenvalue weighted by Gasteiger charge is -2.34. The highest BCUT2D eigenvalue weighted by Crippen LogP contribution is 2.14. The van der Waals surface area contributed by atoms with Crippen LogP contribution in [0.2, 0.25) is 0 Å². The molecule has 27 heavy (non-hydrogen) atoms. The Hall–Kier alpha value is -3.00. The van der Waals surface area contributed by atoms with E-state index in [1.165, 1.54) is 22.1 Å². The topological polar surface area (TPSA) is 75.5 Å². The molecule has 0 unspecified atom stereocenters.